The first kappa shape index (κ1) is 36.6. The quantitative estimate of drug-likeness (QED) is 0.160. The number of halogens is 1. The van der Waals surface area contributed by atoms with E-state index in [4.69, 9.17) is 41.7 Å². The smallest absolute Gasteiger partial charge is 0.204 e. The lowest BCUT2D eigenvalue weighted by Crippen LogP contribution is -2.30. The van der Waals surface area contributed by atoms with E-state index < -0.39 is 0 Å². The van der Waals surface area contributed by atoms with Crippen LogP contribution in [0.15, 0.2) is 47.5 Å². The van der Waals surface area contributed by atoms with Crippen molar-refractivity contribution in [1.82, 2.24) is 5.32 Å². The Bertz CT molecular complexity index is 966. The van der Waals surface area contributed by atoms with E-state index in [9.17, 15) is 0 Å². The molecule has 1 amide bonds. The van der Waals surface area contributed by atoms with E-state index in [2.05, 4.69) is 30.4 Å². The van der Waals surface area contributed by atoms with Gasteiger partial charge in [-0.3, -0.25) is 15.2 Å². The molecule has 0 aromatic heterocycles. The van der Waals surface area contributed by atoms with Crippen molar-refractivity contribution in [2.75, 3.05) is 45.2 Å². The minimum absolute atomic E-state index is 0.139. The van der Waals surface area contributed by atoms with Crippen molar-refractivity contribution in [2.24, 2.45) is 16.5 Å². The number of nitrogens with one attached hydrogen (secondary N) is 3. The lowest BCUT2D eigenvalue weighted by Gasteiger charge is -2.23. The largest absolute Gasteiger partial charge is 0.497 e. The zero-order valence-corrected chi connectivity index (χ0v) is 23.6. The zero-order valence-electron chi connectivity index (χ0n) is 22.8. The first-order valence-corrected chi connectivity index (χ1v) is 12.3. The Labute approximate surface area is 231 Å². The fraction of sp³-hybridized carbons (Fsp3) is 0.370. The van der Waals surface area contributed by atoms with E-state index in [1.807, 2.05) is 54.4 Å². The Hall–Kier alpha value is -3.60. The fourth-order valence-electron chi connectivity index (χ4n) is 3.09. The summed E-state index contributed by atoms with van der Waals surface area (Å²) in [5, 5.41) is 17.3. The van der Waals surface area contributed by atoms with Crippen LogP contribution in [0.4, 0.5) is 5.69 Å². The van der Waals surface area contributed by atoms with Crippen LogP contribution in [0.3, 0.4) is 0 Å². The number of amides is 1. The van der Waals surface area contributed by atoms with Gasteiger partial charge in [0.05, 0.1) is 30.9 Å². The Morgan fingerprint density at radius 3 is 2.24 bits per heavy atom. The zero-order chi connectivity index (χ0) is 29.3. The summed E-state index contributed by atoms with van der Waals surface area (Å²) in [6.45, 7) is 9.10. The van der Waals surface area contributed by atoms with Crippen LogP contribution in [0, 0.1) is 10.8 Å². The predicted molar refractivity (Wildman–Crippen MR) is 160 cm³/mol. The van der Waals surface area contributed by atoms with Crippen molar-refractivity contribution >= 4 is 48.2 Å². The number of hydrogen-bond acceptors (Lipinski definition) is 8. The van der Waals surface area contributed by atoms with Gasteiger partial charge < -0.3 is 36.6 Å². The molecule has 38 heavy (non-hydrogen) atoms. The minimum atomic E-state index is 0.139. The maximum Gasteiger partial charge on any atom is 0.204 e. The number of rotatable bonds is 6. The van der Waals surface area contributed by atoms with Crippen LogP contribution < -0.4 is 26.4 Å². The molecule has 0 unspecified atom stereocenters. The number of fused-ring (bicyclic) bond motifs is 1. The van der Waals surface area contributed by atoms with Gasteiger partial charge in [-0.25, -0.2) is 0 Å². The van der Waals surface area contributed by atoms with Gasteiger partial charge in [-0.15, -0.1) is 0 Å². The van der Waals surface area contributed by atoms with Crippen LogP contribution in [-0.2, 0) is 9.59 Å². The molecule has 210 valence electrons. The number of unbranched alkanes of at least 4 members (excludes halogenated alkanes) is 1. The van der Waals surface area contributed by atoms with Gasteiger partial charge >= 0.3 is 0 Å². The van der Waals surface area contributed by atoms with Crippen molar-refractivity contribution < 1.29 is 14.3 Å². The molecule has 3 rings (SSSR count). The number of anilines is 1. The second-order valence-electron chi connectivity index (χ2n) is 7.35. The molecule has 11 heteroatoms. The van der Waals surface area contributed by atoms with Gasteiger partial charge in [0.1, 0.15) is 12.0 Å². The van der Waals surface area contributed by atoms with E-state index in [1.54, 1.807) is 14.0 Å². The molecule has 1 aliphatic rings. The summed E-state index contributed by atoms with van der Waals surface area (Å²) in [5.41, 5.74) is 12.7. The third-order valence-corrected chi connectivity index (χ3v) is 4.99. The van der Waals surface area contributed by atoms with Crippen LogP contribution in [-0.4, -0.2) is 71.3 Å². The third kappa shape index (κ3) is 14.2. The Morgan fingerprint density at radius 2 is 1.82 bits per heavy atom. The minimum Gasteiger partial charge on any atom is -0.497 e. The number of aldehydes is 1. The number of methoxy groups -OCH3 is 1. The number of nitrogens with two attached hydrogens (primary N) is 2. The molecule has 2 aromatic rings. The first-order chi connectivity index (χ1) is 18.3. The van der Waals surface area contributed by atoms with Crippen molar-refractivity contribution in [3.05, 3.63) is 58.6 Å². The molecule has 7 N–H and O–H groups in total. The topological polar surface area (TPSA) is 171 Å². The molecular formula is C27H42ClN7O3. The number of nitrogens with zero attached hydrogens (tertiary/aromatic N) is 2. The average Bonchev–Trinajstić information content (AvgIpc) is 3.14. The van der Waals surface area contributed by atoms with Crippen LogP contribution in [0.25, 0.3) is 0 Å². The van der Waals surface area contributed by atoms with Gasteiger partial charge in [-0.1, -0.05) is 37.1 Å². The molecule has 0 bridgehead atoms. The van der Waals surface area contributed by atoms with Crippen LogP contribution in [0.1, 0.15) is 37.8 Å². The Balaban J connectivity index is 0. The van der Waals surface area contributed by atoms with Crippen LogP contribution >= 0.6 is 11.6 Å². The van der Waals surface area contributed by atoms with Crippen molar-refractivity contribution in [3.63, 3.8) is 0 Å². The van der Waals surface area contributed by atoms with Gasteiger partial charge in [0.25, 0.3) is 0 Å². The van der Waals surface area contributed by atoms with Gasteiger partial charge in [-0.2, -0.15) is 0 Å². The summed E-state index contributed by atoms with van der Waals surface area (Å²) >= 11 is 6.00. The van der Waals surface area contributed by atoms with Crippen molar-refractivity contribution in [1.29, 1.82) is 10.8 Å². The highest BCUT2D eigenvalue weighted by atomic mass is 35.5. The predicted octanol–water partition coefficient (Wildman–Crippen LogP) is 3.52. The van der Waals surface area contributed by atoms with Gasteiger partial charge in [-0.05, 0) is 64.0 Å². The molecule has 0 saturated heterocycles. The van der Waals surface area contributed by atoms with E-state index in [0.717, 1.165) is 34.8 Å². The van der Waals surface area contributed by atoms with Crippen LogP contribution in [0.5, 0.6) is 5.75 Å². The van der Waals surface area contributed by atoms with E-state index in [-0.39, 0.29) is 13.0 Å². The first-order valence-electron chi connectivity index (χ1n) is 11.9. The SMILES string of the molecule is C=N.CCCCNC.COc1ccc2c(c1)C(c1ccc(Cl)cc1)=NCCN2C(C)=N.NC=O.NCC=O. The molecule has 1 heterocycles. The number of carbonyl (C=O) groups excluding carboxylic acids is 2. The summed E-state index contributed by atoms with van der Waals surface area (Å²) in [4.78, 5) is 24.4. The average molecular weight is 548 g/mol. The maximum absolute atomic E-state index is 9.05. The highest BCUT2D eigenvalue weighted by Crippen LogP contribution is 2.30. The number of aliphatic imine (C=N–C) groups is 1. The van der Waals surface area contributed by atoms with Gasteiger partial charge in [0.2, 0.25) is 6.41 Å². The molecule has 0 saturated carbocycles. The van der Waals surface area contributed by atoms with Crippen LogP contribution in [0.2, 0.25) is 5.02 Å². The second kappa shape index (κ2) is 23.8. The summed E-state index contributed by atoms with van der Waals surface area (Å²) in [7, 11) is 3.63. The fourth-order valence-corrected chi connectivity index (χ4v) is 3.22. The monoisotopic (exact) mass is 547 g/mol. The second-order valence-corrected chi connectivity index (χ2v) is 7.79. The summed E-state index contributed by atoms with van der Waals surface area (Å²) in [6.07, 6.45) is 3.50. The highest BCUT2D eigenvalue weighted by Gasteiger charge is 2.21. The van der Waals surface area contributed by atoms with E-state index in [1.165, 1.54) is 12.8 Å². The molecule has 0 fully saturated rings. The van der Waals surface area contributed by atoms with Gasteiger partial charge in [0.15, 0.2) is 0 Å². The molecule has 1 aliphatic heterocycles. The normalized spacial score (nSPS) is 10.9. The Kier molecular flexibility index (Phi) is 22.9. The number of amidine groups is 1. The molecule has 0 radical (unpaired) electrons. The van der Waals surface area contributed by atoms with Crippen molar-refractivity contribution in [2.45, 2.75) is 26.7 Å². The summed E-state index contributed by atoms with van der Waals surface area (Å²) in [6, 6.07) is 13.6. The van der Waals surface area contributed by atoms with E-state index >= 15 is 0 Å². The molecule has 0 aliphatic carbocycles. The van der Waals surface area contributed by atoms with Gasteiger partial charge in [0, 0.05) is 29.2 Å². The third-order valence-electron chi connectivity index (χ3n) is 4.74. The summed E-state index contributed by atoms with van der Waals surface area (Å²) < 4.78 is 5.37. The summed E-state index contributed by atoms with van der Waals surface area (Å²) in [5.74, 6) is 1.28. The molecule has 2 aromatic carbocycles. The molecule has 10 nitrogen and oxygen atoms in total. The molecular weight excluding hydrogens is 506 g/mol. The molecule has 0 atom stereocenters. The maximum atomic E-state index is 9.05. The number of benzene rings is 2. The van der Waals surface area contributed by atoms with Crippen molar-refractivity contribution in [3.8, 4) is 5.75 Å². The number of ether oxygens (including phenoxy) is 1. The lowest BCUT2D eigenvalue weighted by molar-refractivity contribution is -0.107. The van der Waals surface area contributed by atoms with E-state index in [0.29, 0.717) is 30.2 Å². The number of benzodiazepines with no additional fused rings is 1. The molecule has 0 spiro atoms. The standard InChI is InChI=1S/C18H18ClN3O.C5H13N.C2H5NO.CH3NO.CH3N/c1-12(20)22-10-9-21-18(13-3-5-14(19)6-4-13)16-11-15(23-2)7-8-17(16)22;1-3-4-5-6-2;3-1-2-4;2-1-3;1-2/h3-8,11,20H,9-10H2,1-2H3;6H,3-5H2,1-2H3;2H,1,3H2;1H,(H2,2,3);2H,1H2. The lowest BCUT2D eigenvalue weighted by atomic mass is 10.00. The Morgan fingerprint density at radius 1 is 1.24 bits per heavy atom. The highest BCUT2D eigenvalue weighted by molar-refractivity contribution is 6.30. The number of primary amides is 1. The number of carbonyl (C=O) groups is 2. The number of hydrogen-bond donors (Lipinski definition) is 5.